The lowest BCUT2D eigenvalue weighted by Gasteiger charge is -2.17. The number of aromatic nitrogens is 2. The number of hydrogen-bond donors (Lipinski definition) is 2. The summed E-state index contributed by atoms with van der Waals surface area (Å²) < 4.78 is 1.79. The molecular formula is C23H26N4O. The molecule has 0 aliphatic carbocycles. The quantitative estimate of drug-likeness (QED) is 0.722. The minimum absolute atomic E-state index is 0.0653. The Morgan fingerprint density at radius 2 is 2.00 bits per heavy atom. The Balaban J connectivity index is 1.42. The maximum absolute atomic E-state index is 12.8. The molecule has 5 nitrogen and oxygen atoms in total. The van der Waals surface area contributed by atoms with E-state index in [-0.39, 0.29) is 17.7 Å². The van der Waals surface area contributed by atoms with Crippen LogP contribution in [0.2, 0.25) is 0 Å². The van der Waals surface area contributed by atoms with Gasteiger partial charge in [-0.15, -0.1) is 0 Å². The van der Waals surface area contributed by atoms with E-state index < -0.39 is 0 Å². The summed E-state index contributed by atoms with van der Waals surface area (Å²) in [6.07, 6.45) is 3.87. The van der Waals surface area contributed by atoms with Gasteiger partial charge >= 0.3 is 0 Å². The Bertz CT molecular complexity index is 961. The van der Waals surface area contributed by atoms with E-state index in [1.807, 2.05) is 25.5 Å². The van der Waals surface area contributed by atoms with E-state index in [4.69, 9.17) is 0 Å². The second-order valence-corrected chi connectivity index (χ2v) is 7.60. The van der Waals surface area contributed by atoms with Gasteiger partial charge in [0.05, 0.1) is 12.1 Å². The van der Waals surface area contributed by atoms with Crippen molar-refractivity contribution in [1.82, 2.24) is 20.4 Å². The number of nitrogens with zero attached hydrogens (tertiary/aromatic N) is 2. The number of nitrogens with one attached hydrogen (secondary N) is 2. The molecule has 2 aromatic carbocycles. The average Bonchev–Trinajstić information content (AvgIpc) is 3.36. The summed E-state index contributed by atoms with van der Waals surface area (Å²) in [7, 11) is 1.90. The number of carbonyl (C=O) groups excluding carboxylic acids is 1. The Hall–Kier alpha value is -2.92. The molecule has 3 aromatic rings. The van der Waals surface area contributed by atoms with Gasteiger partial charge in [-0.2, -0.15) is 5.10 Å². The number of amides is 1. The van der Waals surface area contributed by atoms with Gasteiger partial charge in [0.15, 0.2) is 0 Å². The lowest BCUT2D eigenvalue weighted by molar-refractivity contribution is -0.125. The van der Waals surface area contributed by atoms with Crippen LogP contribution in [0.5, 0.6) is 0 Å². The lowest BCUT2D eigenvalue weighted by Crippen LogP contribution is -2.33. The number of rotatable bonds is 5. The highest BCUT2D eigenvalue weighted by Crippen LogP contribution is 2.28. The van der Waals surface area contributed by atoms with Gasteiger partial charge in [-0.1, -0.05) is 48.0 Å². The number of hydrogen-bond acceptors (Lipinski definition) is 3. The zero-order valence-corrected chi connectivity index (χ0v) is 16.4. The molecule has 1 amide bonds. The van der Waals surface area contributed by atoms with Gasteiger partial charge in [0.1, 0.15) is 0 Å². The average molecular weight is 374 g/mol. The molecule has 2 heterocycles. The van der Waals surface area contributed by atoms with Crippen LogP contribution in [0.3, 0.4) is 0 Å². The Labute approximate surface area is 165 Å². The molecule has 0 unspecified atom stereocenters. The first-order valence-corrected chi connectivity index (χ1v) is 9.73. The predicted molar refractivity (Wildman–Crippen MR) is 111 cm³/mol. The van der Waals surface area contributed by atoms with E-state index in [0.717, 1.165) is 17.7 Å². The van der Waals surface area contributed by atoms with Crippen LogP contribution < -0.4 is 10.6 Å². The summed E-state index contributed by atoms with van der Waals surface area (Å²) in [5, 5.41) is 10.7. The first-order valence-electron chi connectivity index (χ1n) is 9.73. The lowest BCUT2D eigenvalue weighted by atomic mass is 9.90. The molecule has 1 aliphatic heterocycles. The summed E-state index contributed by atoms with van der Waals surface area (Å²) in [6.45, 7) is 4.14. The molecule has 1 aromatic heterocycles. The highest BCUT2D eigenvalue weighted by Gasteiger charge is 2.34. The van der Waals surface area contributed by atoms with Crippen LogP contribution in [0.1, 0.15) is 22.6 Å². The zero-order valence-electron chi connectivity index (χ0n) is 16.4. The molecule has 28 heavy (non-hydrogen) atoms. The molecule has 0 spiro atoms. The number of aryl methyl sites for hydroxylation is 2. The normalized spacial score (nSPS) is 18.9. The van der Waals surface area contributed by atoms with E-state index in [2.05, 4.69) is 65.1 Å². The fourth-order valence-corrected chi connectivity index (χ4v) is 3.86. The minimum Gasteiger partial charge on any atom is -0.352 e. The molecule has 1 saturated heterocycles. The molecule has 2 atom stereocenters. The van der Waals surface area contributed by atoms with Crippen molar-refractivity contribution >= 4 is 5.91 Å². The van der Waals surface area contributed by atoms with Crippen LogP contribution in [0, 0.1) is 12.8 Å². The van der Waals surface area contributed by atoms with E-state index >= 15 is 0 Å². The van der Waals surface area contributed by atoms with Gasteiger partial charge in [-0.25, -0.2) is 0 Å². The predicted octanol–water partition coefficient (Wildman–Crippen LogP) is 3.01. The van der Waals surface area contributed by atoms with Gasteiger partial charge in [0, 0.05) is 38.8 Å². The van der Waals surface area contributed by atoms with Crippen molar-refractivity contribution in [2.24, 2.45) is 13.0 Å². The third-order valence-electron chi connectivity index (χ3n) is 5.48. The van der Waals surface area contributed by atoms with Crippen molar-refractivity contribution < 1.29 is 4.79 Å². The maximum atomic E-state index is 12.8. The van der Waals surface area contributed by atoms with Crippen molar-refractivity contribution in [3.8, 4) is 11.1 Å². The van der Waals surface area contributed by atoms with E-state index in [9.17, 15) is 4.79 Å². The first kappa shape index (κ1) is 18.4. The summed E-state index contributed by atoms with van der Waals surface area (Å²) in [4.78, 5) is 12.8. The molecule has 5 heteroatoms. The molecule has 1 aliphatic rings. The first-order chi connectivity index (χ1) is 13.6. The summed E-state index contributed by atoms with van der Waals surface area (Å²) in [6, 6.07) is 16.9. The summed E-state index contributed by atoms with van der Waals surface area (Å²) in [5.74, 6) is 0.205. The smallest absolute Gasteiger partial charge is 0.225 e. The molecule has 0 radical (unpaired) electrons. The van der Waals surface area contributed by atoms with E-state index in [1.165, 1.54) is 16.7 Å². The Kier molecular flexibility index (Phi) is 5.26. The molecule has 144 valence electrons. The molecule has 0 saturated carbocycles. The number of carbonyl (C=O) groups is 1. The van der Waals surface area contributed by atoms with Gasteiger partial charge in [0.25, 0.3) is 0 Å². The largest absolute Gasteiger partial charge is 0.352 e. The van der Waals surface area contributed by atoms with Crippen molar-refractivity contribution in [2.75, 3.05) is 13.1 Å². The highest BCUT2D eigenvalue weighted by atomic mass is 16.1. The van der Waals surface area contributed by atoms with Crippen LogP contribution in [-0.4, -0.2) is 28.8 Å². The van der Waals surface area contributed by atoms with Crippen molar-refractivity contribution in [2.45, 2.75) is 19.4 Å². The van der Waals surface area contributed by atoms with Crippen LogP contribution >= 0.6 is 0 Å². The summed E-state index contributed by atoms with van der Waals surface area (Å²) in [5.41, 5.74) is 5.84. The highest BCUT2D eigenvalue weighted by molar-refractivity contribution is 5.80. The number of benzene rings is 2. The van der Waals surface area contributed by atoms with Gasteiger partial charge < -0.3 is 10.6 Å². The van der Waals surface area contributed by atoms with Gasteiger partial charge in [-0.3, -0.25) is 9.48 Å². The van der Waals surface area contributed by atoms with E-state index in [0.29, 0.717) is 13.1 Å². The van der Waals surface area contributed by atoms with Gasteiger partial charge in [0.2, 0.25) is 5.91 Å². The van der Waals surface area contributed by atoms with Crippen LogP contribution in [0.25, 0.3) is 11.1 Å². The zero-order chi connectivity index (χ0) is 19.5. The van der Waals surface area contributed by atoms with Crippen LogP contribution in [0.4, 0.5) is 0 Å². The molecule has 1 fully saturated rings. The molecular weight excluding hydrogens is 348 g/mol. The van der Waals surface area contributed by atoms with Crippen LogP contribution in [0.15, 0.2) is 60.9 Å². The molecule has 0 bridgehead atoms. The molecule has 2 N–H and O–H groups in total. The van der Waals surface area contributed by atoms with Crippen molar-refractivity contribution in [3.05, 3.63) is 77.6 Å². The van der Waals surface area contributed by atoms with Crippen molar-refractivity contribution in [1.29, 1.82) is 0 Å². The Morgan fingerprint density at radius 3 is 2.75 bits per heavy atom. The Morgan fingerprint density at radius 1 is 1.18 bits per heavy atom. The fraction of sp³-hybridized carbons (Fsp3) is 0.304. The monoisotopic (exact) mass is 374 g/mol. The van der Waals surface area contributed by atoms with Crippen molar-refractivity contribution in [3.63, 3.8) is 0 Å². The fourth-order valence-electron chi connectivity index (χ4n) is 3.86. The standard InChI is InChI=1S/C23H26N4O/c1-16-6-8-18(9-7-16)19-5-3-4-17(10-19)11-25-23(28)22-14-24-13-21(22)20-12-26-27(2)15-20/h3-10,12,15,21-22,24H,11,13-14H2,1-2H3,(H,25,28)/t21-,22+/m1/s1. The second-order valence-electron chi connectivity index (χ2n) is 7.60. The van der Waals surface area contributed by atoms with Crippen LogP contribution in [-0.2, 0) is 18.4 Å². The topological polar surface area (TPSA) is 59.0 Å². The van der Waals surface area contributed by atoms with Gasteiger partial charge in [-0.05, 0) is 35.2 Å². The second kappa shape index (κ2) is 7.98. The maximum Gasteiger partial charge on any atom is 0.225 e. The molecule has 4 rings (SSSR count). The van der Waals surface area contributed by atoms with E-state index in [1.54, 1.807) is 4.68 Å². The SMILES string of the molecule is Cc1ccc(-c2cccc(CNC(=O)[C@H]3CNC[C@@H]3c3cnn(C)c3)c2)cc1. The third kappa shape index (κ3) is 3.99. The minimum atomic E-state index is -0.0653. The third-order valence-corrected chi connectivity index (χ3v) is 5.48. The summed E-state index contributed by atoms with van der Waals surface area (Å²) >= 11 is 0.